The Morgan fingerprint density at radius 3 is 2.94 bits per heavy atom. The van der Waals surface area contributed by atoms with E-state index in [-0.39, 0.29) is 0 Å². The van der Waals surface area contributed by atoms with Gasteiger partial charge in [-0.15, -0.1) is 10.2 Å². The quantitative estimate of drug-likeness (QED) is 0.872. The lowest BCUT2D eigenvalue weighted by Crippen LogP contribution is -2.12. The van der Waals surface area contributed by atoms with Gasteiger partial charge in [0, 0.05) is 13.1 Å². The number of rotatable bonds is 5. The molecular weight excluding hydrogens is 228 g/mol. The molecule has 0 fully saturated rings. The van der Waals surface area contributed by atoms with E-state index >= 15 is 0 Å². The zero-order valence-electron chi connectivity index (χ0n) is 10.9. The molecule has 0 radical (unpaired) electrons. The molecule has 1 N–H and O–H groups in total. The van der Waals surface area contributed by atoms with Crippen LogP contribution in [0.4, 0.5) is 0 Å². The topological polar surface area (TPSA) is 52.0 Å². The average molecular weight is 246 g/mol. The number of benzene rings is 1. The molecule has 0 spiro atoms. The predicted molar refractivity (Wildman–Crippen MR) is 69.3 cm³/mol. The maximum atomic E-state index is 5.72. The highest BCUT2D eigenvalue weighted by atomic mass is 16.5. The summed E-state index contributed by atoms with van der Waals surface area (Å²) in [7, 11) is 3.84. The monoisotopic (exact) mass is 246 g/mol. The van der Waals surface area contributed by atoms with E-state index in [9.17, 15) is 0 Å². The van der Waals surface area contributed by atoms with Gasteiger partial charge < -0.3 is 14.6 Å². The maximum absolute atomic E-state index is 5.72. The summed E-state index contributed by atoms with van der Waals surface area (Å²) >= 11 is 0. The van der Waals surface area contributed by atoms with Gasteiger partial charge in [-0.25, -0.2) is 0 Å². The number of aromatic nitrogens is 3. The van der Waals surface area contributed by atoms with Crippen molar-refractivity contribution in [2.45, 2.75) is 19.6 Å². The number of hydrogen-bond acceptors (Lipinski definition) is 4. The smallest absolute Gasteiger partial charge is 0.170 e. The fourth-order valence-corrected chi connectivity index (χ4v) is 1.63. The van der Waals surface area contributed by atoms with Gasteiger partial charge in [0.1, 0.15) is 18.7 Å². The van der Waals surface area contributed by atoms with Gasteiger partial charge in [-0.2, -0.15) is 0 Å². The summed E-state index contributed by atoms with van der Waals surface area (Å²) in [6.45, 7) is 2.54. The lowest BCUT2D eigenvalue weighted by molar-refractivity contribution is 0.290. The van der Waals surface area contributed by atoms with Gasteiger partial charge in [-0.3, -0.25) is 0 Å². The van der Waals surface area contributed by atoms with Gasteiger partial charge >= 0.3 is 0 Å². The molecule has 2 aromatic rings. The van der Waals surface area contributed by atoms with E-state index in [1.807, 2.05) is 36.9 Å². The standard InChI is InChI=1S/C13H18N4O/c1-10(14-2)11-5-4-6-12(7-11)18-8-13-16-15-9-17(13)3/h4-7,9-10,14H,8H2,1-3H3. The summed E-state index contributed by atoms with van der Waals surface area (Å²) in [5.41, 5.74) is 1.20. The Morgan fingerprint density at radius 2 is 2.28 bits per heavy atom. The highest BCUT2D eigenvalue weighted by Crippen LogP contribution is 2.19. The molecule has 1 aromatic carbocycles. The largest absolute Gasteiger partial charge is 0.486 e. The van der Waals surface area contributed by atoms with Crippen molar-refractivity contribution in [1.29, 1.82) is 0 Å². The van der Waals surface area contributed by atoms with Crippen molar-refractivity contribution in [3.8, 4) is 5.75 Å². The van der Waals surface area contributed by atoms with E-state index in [0.717, 1.165) is 11.6 Å². The van der Waals surface area contributed by atoms with Crippen LogP contribution in [0, 0.1) is 0 Å². The lowest BCUT2D eigenvalue weighted by Gasteiger charge is -2.12. The van der Waals surface area contributed by atoms with E-state index in [4.69, 9.17) is 4.74 Å². The molecule has 0 aliphatic carbocycles. The molecule has 2 rings (SSSR count). The van der Waals surface area contributed by atoms with Crippen LogP contribution in [0.15, 0.2) is 30.6 Å². The van der Waals surface area contributed by atoms with E-state index in [0.29, 0.717) is 12.6 Å². The summed E-state index contributed by atoms with van der Waals surface area (Å²) in [4.78, 5) is 0. The maximum Gasteiger partial charge on any atom is 0.170 e. The van der Waals surface area contributed by atoms with E-state index in [1.165, 1.54) is 5.56 Å². The molecular formula is C13H18N4O. The molecule has 0 saturated heterocycles. The second-order valence-electron chi connectivity index (χ2n) is 4.23. The second kappa shape index (κ2) is 5.64. The van der Waals surface area contributed by atoms with E-state index in [1.54, 1.807) is 6.33 Å². The average Bonchev–Trinajstić information content (AvgIpc) is 2.81. The molecule has 0 saturated carbocycles. The van der Waals surface area contributed by atoms with Crippen molar-refractivity contribution in [3.63, 3.8) is 0 Å². The summed E-state index contributed by atoms with van der Waals surface area (Å²) in [6.07, 6.45) is 1.66. The summed E-state index contributed by atoms with van der Waals surface area (Å²) in [5, 5.41) is 11.0. The van der Waals surface area contributed by atoms with Crippen LogP contribution in [0.5, 0.6) is 5.75 Å². The van der Waals surface area contributed by atoms with Crippen LogP contribution in [0.3, 0.4) is 0 Å². The van der Waals surface area contributed by atoms with Crippen LogP contribution in [0.1, 0.15) is 24.4 Å². The van der Waals surface area contributed by atoms with Crippen LogP contribution < -0.4 is 10.1 Å². The van der Waals surface area contributed by atoms with Crippen molar-refractivity contribution < 1.29 is 4.74 Å². The molecule has 0 amide bonds. The van der Waals surface area contributed by atoms with Crippen LogP contribution in [-0.2, 0) is 13.7 Å². The highest BCUT2D eigenvalue weighted by molar-refractivity contribution is 5.30. The number of aryl methyl sites for hydroxylation is 1. The molecule has 5 nitrogen and oxygen atoms in total. The van der Waals surface area contributed by atoms with Gasteiger partial charge in [0.25, 0.3) is 0 Å². The van der Waals surface area contributed by atoms with Gasteiger partial charge in [0.05, 0.1) is 0 Å². The Hall–Kier alpha value is -1.88. The lowest BCUT2D eigenvalue weighted by atomic mass is 10.1. The van der Waals surface area contributed by atoms with Gasteiger partial charge in [-0.05, 0) is 31.7 Å². The molecule has 18 heavy (non-hydrogen) atoms. The summed E-state index contributed by atoms with van der Waals surface area (Å²) in [5.74, 6) is 1.65. The first kappa shape index (κ1) is 12.6. The molecule has 1 unspecified atom stereocenters. The molecule has 0 aliphatic heterocycles. The molecule has 1 aromatic heterocycles. The fourth-order valence-electron chi connectivity index (χ4n) is 1.63. The van der Waals surface area contributed by atoms with E-state index < -0.39 is 0 Å². The Bertz CT molecular complexity index is 509. The third-order valence-corrected chi connectivity index (χ3v) is 2.96. The number of nitrogens with one attached hydrogen (secondary N) is 1. The van der Waals surface area contributed by atoms with Crippen molar-refractivity contribution in [2.75, 3.05) is 7.05 Å². The molecule has 5 heteroatoms. The second-order valence-corrected chi connectivity index (χ2v) is 4.23. The minimum absolute atomic E-state index is 0.309. The first-order valence-corrected chi connectivity index (χ1v) is 5.93. The Morgan fingerprint density at radius 1 is 1.44 bits per heavy atom. The van der Waals surface area contributed by atoms with Gasteiger partial charge in [0.2, 0.25) is 0 Å². The molecule has 96 valence electrons. The minimum Gasteiger partial charge on any atom is -0.486 e. The van der Waals surface area contributed by atoms with E-state index in [2.05, 4.69) is 28.5 Å². The fraction of sp³-hybridized carbons (Fsp3) is 0.385. The third kappa shape index (κ3) is 2.87. The SMILES string of the molecule is CNC(C)c1cccc(OCc2nncn2C)c1. The zero-order valence-corrected chi connectivity index (χ0v) is 10.9. The summed E-state index contributed by atoms with van der Waals surface area (Å²) in [6, 6.07) is 8.37. The Kier molecular flexibility index (Phi) is 3.94. The Balaban J connectivity index is 2.04. The number of ether oxygens (including phenoxy) is 1. The van der Waals surface area contributed by atoms with Crippen LogP contribution in [0.2, 0.25) is 0 Å². The van der Waals surface area contributed by atoms with Crippen molar-refractivity contribution in [3.05, 3.63) is 42.0 Å². The zero-order chi connectivity index (χ0) is 13.0. The first-order valence-electron chi connectivity index (χ1n) is 5.93. The molecule has 1 heterocycles. The van der Waals surface area contributed by atoms with Crippen LogP contribution in [0.25, 0.3) is 0 Å². The normalized spacial score (nSPS) is 12.4. The van der Waals surface area contributed by atoms with Crippen molar-refractivity contribution in [2.24, 2.45) is 7.05 Å². The van der Waals surface area contributed by atoms with Gasteiger partial charge in [-0.1, -0.05) is 12.1 Å². The third-order valence-electron chi connectivity index (χ3n) is 2.96. The summed E-state index contributed by atoms with van der Waals surface area (Å²) < 4.78 is 7.56. The van der Waals surface area contributed by atoms with Gasteiger partial charge in [0.15, 0.2) is 5.82 Å². The van der Waals surface area contributed by atoms with Crippen molar-refractivity contribution >= 4 is 0 Å². The number of hydrogen-bond donors (Lipinski definition) is 1. The Labute approximate surface area is 107 Å². The van der Waals surface area contributed by atoms with Crippen LogP contribution >= 0.6 is 0 Å². The number of nitrogens with zero attached hydrogens (tertiary/aromatic N) is 3. The molecule has 0 bridgehead atoms. The minimum atomic E-state index is 0.309. The van der Waals surface area contributed by atoms with Crippen LogP contribution in [-0.4, -0.2) is 21.8 Å². The van der Waals surface area contributed by atoms with Crippen molar-refractivity contribution in [1.82, 2.24) is 20.1 Å². The highest BCUT2D eigenvalue weighted by Gasteiger charge is 2.05. The predicted octanol–water partition coefficient (Wildman–Crippen LogP) is 1.67. The molecule has 0 aliphatic rings. The first-order chi connectivity index (χ1) is 8.70. The molecule has 1 atom stereocenters.